The Hall–Kier alpha value is -2.48. The average Bonchev–Trinajstić information content (AvgIpc) is 3.14. The van der Waals surface area contributed by atoms with Crippen molar-refractivity contribution in [2.75, 3.05) is 25.5 Å². The number of nitrogens with zero attached hydrogens (tertiary/aromatic N) is 5. The molecule has 2 heterocycles. The molecule has 1 fully saturated rings. The van der Waals surface area contributed by atoms with E-state index in [1.165, 1.54) is 0 Å². The van der Waals surface area contributed by atoms with Crippen LogP contribution in [0.1, 0.15) is 26.2 Å². The van der Waals surface area contributed by atoms with Crippen LogP contribution in [-0.2, 0) is 4.79 Å². The van der Waals surface area contributed by atoms with Gasteiger partial charge in [-0.3, -0.25) is 4.79 Å². The van der Waals surface area contributed by atoms with E-state index >= 15 is 0 Å². The van der Waals surface area contributed by atoms with Crippen LogP contribution >= 0.6 is 0 Å². The molecule has 1 aliphatic rings. The second-order valence-electron chi connectivity index (χ2n) is 6.27. The number of anilines is 1. The highest BCUT2D eigenvalue weighted by atomic mass is 16.2. The number of carbonyl (C=O) groups is 1. The Morgan fingerprint density at radius 2 is 2.16 bits per heavy atom. The van der Waals surface area contributed by atoms with E-state index in [1.54, 1.807) is 4.68 Å². The molecule has 134 valence electrons. The Bertz CT molecular complexity index is 687. The first kappa shape index (κ1) is 17.3. The van der Waals surface area contributed by atoms with Crippen molar-refractivity contribution in [1.29, 1.82) is 0 Å². The molecule has 8 nitrogen and oxygen atoms in total. The van der Waals surface area contributed by atoms with Gasteiger partial charge in [0.25, 0.3) is 0 Å². The van der Waals surface area contributed by atoms with E-state index in [0.717, 1.165) is 31.6 Å². The first-order chi connectivity index (χ1) is 12.2. The second kappa shape index (κ2) is 8.06. The molecule has 1 aromatic heterocycles. The van der Waals surface area contributed by atoms with E-state index in [-0.39, 0.29) is 11.9 Å². The van der Waals surface area contributed by atoms with Crippen LogP contribution < -0.4 is 10.6 Å². The van der Waals surface area contributed by atoms with Crippen molar-refractivity contribution in [3.8, 4) is 5.69 Å². The lowest BCUT2D eigenvalue weighted by molar-refractivity contribution is -0.133. The van der Waals surface area contributed by atoms with Gasteiger partial charge in [0.15, 0.2) is 0 Å². The molecule has 0 radical (unpaired) electrons. The van der Waals surface area contributed by atoms with Gasteiger partial charge in [0.1, 0.15) is 6.04 Å². The summed E-state index contributed by atoms with van der Waals surface area (Å²) >= 11 is 0. The molecule has 0 spiro atoms. The van der Waals surface area contributed by atoms with Gasteiger partial charge in [-0.15, -0.1) is 0 Å². The number of tetrazole rings is 1. The van der Waals surface area contributed by atoms with Gasteiger partial charge < -0.3 is 15.5 Å². The SMILES string of the molecule is CC[C@@H](Nc1nnnn1-c1ccccc1)C(=O)N1CCC[C@@H](NC)C1. The average molecular weight is 343 g/mol. The third-order valence-corrected chi connectivity index (χ3v) is 4.62. The smallest absolute Gasteiger partial charge is 0.248 e. The van der Waals surface area contributed by atoms with Crippen LogP contribution in [-0.4, -0.2) is 63.2 Å². The molecule has 1 aromatic carbocycles. The van der Waals surface area contributed by atoms with Gasteiger partial charge in [0.2, 0.25) is 11.9 Å². The Morgan fingerprint density at radius 3 is 2.88 bits per heavy atom. The molecule has 8 heteroatoms. The molecule has 2 N–H and O–H groups in total. The number of amides is 1. The molecule has 0 bridgehead atoms. The normalized spacial score (nSPS) is 18.8. The van der Waals surface area contributed by atoms with Crippen molar-refractivity contribution in [2.24, 2.45) is 0 Å². The van der Waals surface area contributed by atoms with Crippen LogP contribution in [0.25, 0.3) is 5.69 Å². The summed E-state index contributed by atoms with van der Waals surface area (Å²) in [6, 6.07) is 9.66. The number of likely N-dealkylation sites (N-methyl/N-ethyl adjacent to an activating group) is 1. The van der Waals surface area contributed by atoms with Gasteiger partial charge in [0.05, 0.1) is 5.69 Å². The standard InChI is InChI=1S/C17H25N7O/c1-3-15(16(25)23-11-7-8-13(12-23)18-2)19-17-20-21-22-24(17)14-9-5-4-6-10-14/h4-6,9-10,13,15,18H,3,7-8,11-12H2,1-2H3,(H,19,20,22)/t13-,15-/m1/s1. The minimum Gasteiger partial charge on any atom is -0.341 e. The molecule has 3 rings (SSSR count). The van der Waals surface area contributed by atoms with Crippen LogP contribution in [0, 0.1) is 0 Å². The van der Waals surface area contributed by atoms with E-state index in [9.17, 15) is 4.79 Å². The van der Waals surface area contributed by atoms with Crippen LogP contribution in [0.4, 0.5) is 5.95 Å². The summed E-state index contributed by atoms with van der Waals surface area (Å²) in [4.78, 5) is 14.9. The number of hydrogen-bond acceptors (Lipinski definition) is 6. The van der Waals surface area contributed by atoms with Gasteiger partial charge >= 0.3 is 0 Å². The largest absolute Gasteiger partial charge is 0.341 e. The number of carbonyl (C=O) groups excluding carboxylic acids is 1. The minimum atomic E-state index is -0.343. The fraction of sp³-hybridized carbons (Fsp3) is 0.529. The molecule has 1 amide bonds. The summed E-state index contributed by atoms with van der Waals surface area (Å²) in [6.07, 6.45) is 2.80. The van der Waals surface area contributed by atoms with Crippen molar-refractivity contribution in [3.05, 3.63) is 30.3 Å². The number of piperidine rings is 1. The van der Waals surface area contributed by atoms with E-state index < -0.39 is 0 Å². The molecule has 0 aliphatic carbocycles. The number of rotatable bonds is 6. The minimum absolute atomic E-state index is 0.102. The van der Waals surface area contributed by atoms with Crippen molar-refractivity contribution in [1.82, 2.24) is 30.4 Å². The molecule has 0 saturated carbocycles. The van der Waals surface area contributed by atoms with Gasteiger partial charge in [0, 0.05) is 19.1 Å². The Kier molecular flexibility index (Phi) is 5.60. The highest BCUT2D eigenvalue weighted by Crippen LogP contribution is 2.16. The zero-order chi connectivity index (χ0) is 17.6. The molecular weight excluding hydrogens is 318 g/mol. The fourth-order valence-corrected chi connectivity index (χ4v) is 3.15. The van der Waals surface area contributed by atoms with Crippen molar-refractivity contribution >= 4 is 11.9 Å². The first-order valence-corrected chi connectivity index (χ1v) is 8.79. The van der Waals surface area contributed by atoms with Crippen LogP contribution in [0.3, 0.4) is 0 Å². The molecule has 2 atom stereocenters. The van der Waals surface area contributed by atoms with Gasteiger partial charge in [-0.1, -0.05) is 30.2 Å². The number of hydrogen-bond donors (Lipinski definition) is 2. The highest BCUT2D eigenvalue weighted by Gasteiger charge is 2.28. The zero-order valence-corrected chi connectivity index (χ0v) is 14.7. The maximum absolute atomic E-state index is 12.9. The summed E-state index contributed by atoms with van der Waals surface area (Å²) in [5.41, 5.74) is 0.852. The lowest BCUT2D eigenvalue weighted by Crippen LogP contribution is -2.51. The Labute approximate surface area is 147 Å². The molecule has 0 unspecified atom stereocenters. The Morgan fingerprint density at radius 1 is 1.36 bits per heavy atom. The van der Waals surface area contributed by atoms with Gasteiger partial charge in [-0.25, -0.2) is 0 Å². The summed E-state index contributed by atoms with van der Waals surface area (Å²) < 4.78 is 1.61. The highest BCUT2D eigenvalue weighted by molar-refractivity contribution is 5.84. The third-order valence-electron chi connectivity index (χ3n) is 4.62. The molecule has 1 saturated heterocycles. The number of aromatic nitrogens is 4. The quantitative estimate of drug-likeness (QED) is 0.815. The number of nitrogens with one attached hydrogen (secondary N) is 2. The maximum Gasteiger partial charge on any atom is 0.248 e. The fourth-order valence-electron chi connectivity index (χ4n) is 3.15. The number of likely N-dealkylation sites (tertiary alicyclic amines) is 1. The lowest BCUT2D eigenvalue weighted by Gasteiger charge is -2.34. The van der Waals surface area contributed by atoms with E-state index in [1.807, 2.05) is 49.2 Å². The monoisotopic (exact) mass is 343 g/mol. The molecule has 25 heavy (non-hydrogen) atoms. The van der Waals surface area contributed by atoms with Crippen molar-refractivity contribution < 1.29 is 4.79 Å². The van der Waals surface area contributed by atoms with E-state index in [2.05, 4.69) is 26.2 Å². The Balaban J connectivity index is 1.73. The van der Waals surface area contributed by atoms with Crippen LogP contribution in [0.15, 0.2) is 30.3 Å². The molecular formula is C17H25N7O. The van der Waals surface area contributed by atoms with Gasteiger partial charge in [-0.2, -0.15) is 4.68 Å². The summed E-state index contributed by atoms with van der Waals surface area (Å²) in [7, 11) is 1.95. The third kappa shape index (κ3) is 3.96. The lowest BCUT2D eigenvalue weighted by atomic mass is 10.0. The predicted molar refractivity (Wildman–Crippen MR) is 95.5 cm³/mol. The zero-order valence-electron chi connectivity index (χ0n) is 14.7. The van der Waals surface area contributed by atoms with Crippen molar-refractivity contribution in [3.63, 3.8) is 0 Å². The molecule has 1 aliphatic heterocycles. The summed E-state index contributed by atoms with van der Waals surface area (Å²) in [5.74, 6) is 0.582. The second-order valence-corrected chi connectivity index (χ2v) is 6.27. The molecule has 2 aromatic rings. The topological polar surface area (TPSA) is 88.0 Å². The van der Waals surface area contributed by atoms with Crippen LogP contribution in [0.5, 0.6) is 0 Å². The predicted octanol–water partition coefficient (Wildman–Crippen LogP) is 1.06. The van der Waals surface area contributed by atoms with Gasteiger partial charge in [-0.05, 0) is 48.9 Å². The summed E-state index contributed by atoms with van der Waals surface area (Å²) in [5, 5.41) is 18.3. The first-order valence-electron chi connectivity index (χ1n) is 8.79. The van der Waals surface area contributed by atoms with E-state index in [4.69, 9.17) is 0 Å². The maximum atomic E-state index is 12.9. The van der Waals surface area contributed by atoms with Crippen LogP contribution in [0.2, 0.25) is 0 Å². The van der Waals surface area contributed by atoms with Crippen molar-refractivity contribution in [2.45, 2.75) is 38.3 Å². The number of benzene rings is 1. The number of para-hydroxylation sites is 1. The summed E-state index contributed by atoms with van der Waals surface area (Å²) in [6.45, 7) is 3.54. The van der Waals surface area contributed by atoms with E-state index in [0.29, 0.717) is 18.4 Å².